The van der Waals surface area contributed by atoms with Crippen molar-refractivity contribution >= 4 is 11.7 Å². The molecule has 1 aliphatic rings. The van der Waals surface area contributed by atoms with E-state index in [4.69, 9.17) is 9.47 Å². The Morgan fingerprint density at radius 2 is 1.66 bits per heavy atom. The van der Waals surface area contributed by atoms with Crippen molar-refractivity contribution in [2.75, 3.05) is 37.7 Å². The molecule has 0 spiro atoms. The summed E-state index contributed by atoms with van der Waals surface area (Å²) in [6.45, 7) is 7.03. The summed E-state index contributed by atoms with van der Waals surface area (Å²) in [5.41, 5.74) is 1.96. The predicted octanol–water partition coefficient (Wildman–Crippen LogP) is 3.66. The highest BCUT2D eigenvalue weighted by Gasteiger charge is 2.26. The van der Waals surface area contributed by atoms with Crippen LogP contribution >= 0.6 is 0 Å². The fraction of sp³-hybridized carbons (Fsp3) is 0.320. The molecule has 0 N–H and O–H groups in total. The molecular weight excluding hydrogens is 404 g/mol. The molecule has 2 aromatic carbocycles. The van der Waals surface area contributed by atoms with Crippen LogP contribution < -0.4 is 14.4 Å². The van der Waals surface area contributed by atoms with Gasteiger partial charge in [-0.2, -0.15) is 0 Å². The van der Waals surface area contributed by atoms with E-state index in [1.54, 1.807) is 13.3 Å². The largest absolute Gasteiger partial charge is 0.494 e. The van der Waals surface area contributed by atoms with Gasteiger partial charge >= 0.3 is 0 Å². The van der Waals surface area contributed by atoms with E-state index >= 15 is 0 Å². The van der Waals surface area contributed by atoms with Crippen molar-refractivity contribution in [3.63, 3.8) is 0 Å². The highest BCUT2D eigenvalue weighted by atomic mass is 16.5. The number of hydrogen-bond acceptors (Lipinski definition) is 6. The van der Waals surface area contributed by atoms with Gasteiger partial charge in [-0.25, -0.2) is 9.97 Å². The minimum absolute atomic E-state index is 0.00815. The van der Waals surface area contributed by atoms with Crippen molar-refractivity contribution < 1.29 is 14.3 Å². The van der Waals surface area contributed by atoms with Crippen molar-refractivity contribution in [3.8, 4) is 22.8 Å². The first-order valence-corrected chi connectivity index (χ1v) is 10.9. The fourth-order valence-corrected chi connectivity index (χ4v) is 3.74. The van der Waals surface area contributed by atoms with Gasteiger partial charge in [0.15, 0.2) is 6.10 Å². The summed E-state index contributed by atoms with van der Waals surface area (Å²) in [6, 6.07) is 19.4. The molecule has 166 valence electrons. The molecule has 1 fully saturated rings. The number of aromatic nitrogens is 2. The van der Waals surface area contributed by atoms with E-state index in [0.717, 1.165) is 22.8 Å². The molecule has 3 aromatic rings. The zero-order valence-corrected chi connectivity index (χ0v) is 18.5. The quantitative estimate of drug-likeness (QED) is 0.568. The summed E-state index contributed by atoms with van der Waals surface area (Å²) in [5.74, 6) is 2.31. The molecule has 0 bridgehead atoms. The molecule has 2 heterocycles. The van der Waals surface area contributed by atoms with E-state index in [0.29, 0.717) is 38.5 Å². The summed E-state index contributed by atoms with van der Waals surface area (Å²) in [5, 5.41) is 0. The third-order valence-corrected chi connectivity index (χ3v) is 5.43. The van der Waals surface area contributed by atoms with Gasteiger partial charge in [0.1, 0.15) is 23.6 Å². The molecule has 0 radical (unpaired) electrons. The smallest absolute Gasteiger partial charge is 0.263 e. The second-order valence-corrected chi connectivity index (χ2v) is 7.60. The van der Waals surface area contributed by atoms with Crippen LogP contribution in [0.25, 0.3) is 11.3 Å². The highest BCUT2D eigenvalue weighted by Crippen LogP contribution is 2.22. The van der Waals surface area contributed by atoms with Gasteiger partial charge in [-0.05, 0) is 38.1 Å². The second-order valence-electron chi connectivity index (χ2n) is 7.60. The first kappa shape index (κ1) is 21.6. The van der Waals surface area contributed by atoms with E-state index in [1.165, 1.54) is 0 Å². The SMILES string of the molecule is CCOc1ccc(OC(C)C(=O)N2CCN(c3cc(-c4ccccc4)ncn3)CC2)cc1. The molecule has 0 saturated carbocycles. The van der Waals surface area contributed by atoms with Gasteiger partial charge < -0.3 is 19.3 Å². The number of carbonyl (C=O) groups excluding carboxylic acids is 1. The molecule has 7 heteroatoms. The number of ether oxygens (including phenoxy) is 2. The van der Waals surface area contributed by atoms with Crippen LogP contribution in [0.15, 0.2) is 67.0 Å². The maximum atomic E-state index is 12.9. The average molecular weight is 433 g/mol. The van der Waals surface area contributed by atoms with Crippen molar-refractivity contribution in [3.05, 3.63) is 67.0 Å². The number of amides is 1. The minimum atomic E-state index is -0.553. The van der Waals surface area contributed by atoms with Crippen LogP contribution in [0.3, 0.4) is 0 Å². The van der Waals surface area contributed by atoms with Crippen molar-refractivity contribution in [1.29, 1.82) is 0 Å². The van der Waals surface area contributed by atoms with Gasteiger partial charge in [-0.3, -0.25) is 4.79 Å². The number of rotatable bonds is 7. The third kappa shape index (κ3) is 5.17. The molecule has 1 aromatic heterocycles. The van der Waals surface area contributed by atoms with Gasteiger partial charge in [-0.15, -0.1) is 0 Å². The summed E-state index contributed by atoms with van der Waals surface area (Å²) in [6.07, 6.45) is 1.05. The average Bonchev–Trinajstić information content (AvgIpc) is 2.85. The summed E-state index contributed by atoms with van der Waals surface area (Å²) >= 11 is 0. The second kappa shape index (κ2) is 10.1. The molecule has 0 aliphatic carbocycles. The standard InChI is InChI=1S/C25H28N4O3/c1-3-31-21-9-11-22(12-10-21)32-19(2)25(30)29-15-13-28(14-16-29)24-17-23(26-18-27-24)20-7-5-4-6-8-20/h4-12,17-19H,3,13-16H2,1-2H3. The molecule has 1 unspecified atom stereocenters. The predicted molar refractivity (Wildman–Crippen MR) is 124 cm³/mol. The normalized spacial score (nSPS) is 14.7. The lowest BCUT2D eigenvalue weighted by Gasteiger charge is -2.36. The van der Waals surface area contributed by atoms with Crippen LogP contribution in [0, 0.1) is 0 Å². The first-order chi connectivity index (χ1) is 15.6. The number of anilines is 1. The van der Waals surface area contributed by atoms with E-state index in [9.17, 15) is 4.79 Å². The summed E-state index contributed by atoms with van der Waals surface area (Å²) < 4.78 is 11.3. The lowest BCUT2D eigenvalue weighted by Crippen LogP contribution is -2.52. The van der Waals surface area contributed by atoms with Crippen LogP contribution in [0.1, 0.15) is 13.8 Å². The summed E-state index contributed by atoms with van der Waals surface area (Å²) in [4.78, 5) is 25.8. The molecule has 1 atom stereocenters. The van der Waals surface area contributed by atoms with Gasteiger partial charge in [0.2, 0.25) is 0 Å². The van der Waals surface area contributed by atoms with Gasteiger partial charge in [0.05, 0.1) is 12.3 Å². The molecule has 7 nitrogen and oxygen atoms in total. The molecule has 1 amide bonds. The topological polar surface area (TPSA) is 67.8 Å². The van der Waals surface area contributed by atoms with Crippen LogP contribution in [-0.2, 0) is 4.79 Å². The van der Waals surface area contributed by atoms with Crippen LogP contribution in [0.5, 0.6) is 11.5 Å². The third-order valence-electron chi connectivity index (χ3n) is 5.43. The lowest BCUT2D eigenvalue weighted by atomic mass is 10.1. The first-order valence-electron chi connectivity index (χ1n) is 10.9. The van der Waals surface area contributed by atoms with Crippen LogP contribution in [0.2, 0.25) is 0 Å². The lowest BCUT2D eigenvalue weighted by molar-refractivity contribution is -0.138. The maximum Gasteiger partial charge on any atom is 0.263 e. The van der Waals surface area contributed by atoms with E-state index in [2.05, 4.69) is 14.9 Å². The van der Waals surface area contributed by atoms with E-state index in [1.807, 2.05) is 72.5 Å². The molecule has 1 saturated heterocycles. The Bertz CT molecular complexity index is 1020. The van der Waals surface area contributed by atoms with Crippen LogP contribution in [-0.4, -0.2) is 59.7 Å². The van der Waals surface area contributed by atoms with Crippen molar-refractivity contribution in [1.82, 2.24) is 14.9 Å². The number of hydrogen-bond donors (Lipinski definition) is 0. The Morgan fingerprint density at radius 3 is 2.34 bits per heavy atom. The maximum absolute atomic E-state index is 12.9. The fourth-order valence-electron chi connectivity index (χ4n) is 3.74. The van der Waals surface area contributed by atoms with Gasteiger partial charge in [0.25, 0.3) is 5.91 Å². The Morgan fingerprint density at radius 1 is 0.969 bits per heavy atom. The van der Waals surface area contributed by atoms with Crippen molar-refractivity contribution in [2.45, 2.75) is 20.0 Å². The Kier molecular flexibility index (Phi) is 6.84. The number of piperazine rings is 1. The monoisotopic (exact) mass is 432 g/mol. The molecular formula is C25H28N4O3. The van der Waals surface area contributed by atoms with E-state index in [-0.39, 0.29) is 5.91 Å². The molecule has 32 heavy (non-hydrogen) atoms. The zero-order valence-electron chi connectivity index (χ0n) is 18.5. The number of benzene rings is 2. The van der Waals surface area contributed by atoms with Gasteiger partial charge in [-0.1, -0.05) is 30.3 Å². The minimum Gasteiger partial charge on any atom is -0.494 e. The highest BCUT2D eigenvalue weighted by molar-refractivity contribution is 5.81. The Hall–Kier alpha value is -3.61. The van der Waals surface area contributed by atoms with E-state index < -0.39 is 6.10 Å². The van der Waals surface area contributed by atoms with Gasteiger partial charge in [0, 0.05) is 37.8 Å². The Balaban J connectivity index is 1.32. The number of nitrogens with zero attached hydrogens (tertiary/aromatic N) is 4. The Labute approximate surface area is 188 Å². The number of carbonyl (C=O) groups is 1. The van der Waals surface area contributed by atoms with Crippen LogP contribution in [0.4, 0.5) is 5.82 Å². The van der Waals surface area contributed by atoms with Crippen molar-refractivity contribution in [2.24, 2.45) is 0 Å². The molecule has 1 aliphatic heterocycles. The summed E-state index contributed by atoms with van der Waals surface area (Å²) in [7, 11) is 0. The molecule has 4 rings (SSSR count). The zero-order chi connectivity index (χ0) is 22.3.